The Hall–Kier alpha value is -1.07. The molecule has 5 heteroatoms. The standard InChI is InChI=1S/C13H18BrNO3/c1-9(2)18-12-7-10(6-11(14)8-12)13(17)15-4-3-5-16/h6-9,16H,3-5H2,1-2H3,(H,15,17). The highest BCUT2D eigenvalue weighted by Crippen LogP contribution is 2.22. The Morgan fingerprint density at radius 1 is 1.44 bits per heavy atom. The SMILES string of the molecule is CC(C)Oc1cc(Br)cc(C(=O)NCCCO)c1. The number of ether oxygens (including phenoxy) is 1. The first-order valence-electron chi connectivity index (χ1n) is 5.89. The Kier molecular flexibility index (Phi) is 6.15. The summed E-state index contributed by atoms with van der Waals surface area (Å²) in [6.07, 6.45) is 0.611. The Balaban J connectivity index is 2.75. The van der Waals surface area contributed by atoms with Crippen LogP contribution in [0.15, 0.2) is 22.7 Å². The van der Waals surface area contributed by atoms with Gasteiger partial charge in [0.25, 0.3) is 5.91 Å². The molecule has 100 valence electrons. The molecule has 0 aromatic heterocycles. The van der Waals surface area contributed by atoms with Crippen LogP contribution in [0.1, 0.15) is 30.6 Å². The van der Waals surface area contributed by atoms with Gasteiger partial charge in [-0.15, -0.1) is 0 Å². The first-order chi connectivity index (χ1) is 8.52. The molecule has 0 saturated heterocycles. The molecule has 0 radical (unpaired) electrons. The van der Waals surface area contributed by atoms with Gasteiger partial charge in [0.05, 0.1) is 6.10 Å². The van der Waals surface area contributed by atoms with Gasteiger partial charge < -0.3 is 15.2 Å². The van der Waals surface area contributed by atoms with E-state index in [1.807, 2.05) is 19.9 Å². The zero-order valence-electron chi connectivity index (χ0n) is 10.6. The first-order valence-corrected chi connectivity index (χ1v) is 6.68. The van der Waals surface area contributed by atoms with Crippen LogP contribution in [0.2, 0.25) is 0 Å². The fourth-order valence-electron chi connectivity index (χ4n) is 1.42. The summed E-state index contributed by atoms with van der Waals surface area (Å²) in [6.45, 7) is 4.40. The molecule has 0 aliphatic rings. The van der Waals surface area contributed by atoms with Crippen molar-refractivity contribution in [3.63, 3.8) is 0 Å². The van der Waals surface area contributed by atoms with Crippen LogP contribution >= 0.6 is 15.9 Å². The van der Waals surface area contributed by atoms with Crippen molar-refractivity contribution in [2.75, 3.05) is 13.2 Å². The average molecular weight is 316 g/mol. The van der Waals surface area contributed by atoms with Crippen LogP contribution in [0.25, 0.3) is 0 Å². The molecule has 1 amide bonds. The summed E-state index contributed by atoms with van der Waals surface area (Å²) in [5.74, 6) is 0.491. The molecule has 0 heterocycles. The van der Waals surface area contributed by atoms with Crippen molar-refractivity contribution in [1.29, 1.82) is 0 Å². The topological polar surface area (TPSA) is 58.6 Å². The fourth-order valence-corrected chi connectivity index (χ4v) is 1.89. The van der Waals surface area contributed by atoms with Crippen LogP contribution < -0.4 is 10.1 Å². The number of hydrogen-bond donors (Lipinski definition) is 2. The van der Waals surface area contributed by atoms with Gasteiger partial charge in [0.2, 0.25) is 0 Å². The highest BCUT2D eigenvalue weighted by molar-refractivity contribution is 9.10. The summed E-state index contributed by atoms with van der Waals surface area (Å²) in [5, 5.41) is 11.4. The van der Waals surface area contributed by atoms with E-state index < -0.39 is 0 Å². The molecule has 18 heavy (non-hydrogen) atoms. The highest BCUT2D eigenvalue weighted by Gasteiger charge is 2.09. The third-order valence-corrected chi connectivity index (χ3v) is 2.58. The number of aliphatic hydroxyl groups excluding tert-OH is 1. The number of carbonyl (C=O) groups excluding carboxylic acids is 1. The maximum absolute atomic E-state index is 11.8. The van der Waals surface area contributed by atoms with E-state index in [1.54, 1.807) is 12.1 Å². The Bertz CT molecular complexity index is 407. The van der Waals surface area contributed by atoms with Crippen molar-refractivity contribution in [1.82, 2.24) is 5.32 Å². The molecular weight excluding hydrogens is 298 g/mol. The van der Waals surface area contributed by atoms with Crippen LogP contribution in [0.5, 0.6) is 5.75 Å². The van der Waals surface area contributed by atoms with Crippen molar-refractivity contribution < 1.29 is 14.6 Å². The van der Waals surface area contributed by atoms with Crippen molar-refractivity contribution in [3.8, 4) is 5.75 Å². The smallest absolute Gasteiger partial charge is 0.251 e. The van der Waals surface area contributed by atoms with Crippen LogP contribution in [-0.2, 0) is 0 Å². The minimum absolute atomic E-state index is 0.0598. The summed E-state index contributed by atoms with van der Waals surface area (Å²) in [7, 11) is 0. The Morgan fingerprint density at radius 2 is 2.17 bits per heavy atom. The second kappa shape index (κ2) is 7.38. The van der Waals surface area contributed by atoms with E-state index >= 15 is 0 Å². The molecule has 0 saturated carbocycles. The van der Waals surface area contributed by atoms with Gasteiger partial charge in [0.15, 0.2) is 0 Å². The monoisotopic (exact) mass is 315 g/mol. The molecule has 0 fully saturated rings. The van der Waals surface area contributed by atoms with Crippen molar-refractivity contribution in [2.45, 2.75) is 26.4 Å². The zero-order valence-corrected chi connectivity index (χ0v) is 12.2. The molecule has 0 atom stereocenters. The van der Waals surface area contributed by atoms with Crippen LogP contribution in [-0.4, -0.2) is 30.3 Å². The Labute approximate surface area is 115 Å². The van der Waals surface area contributed by atoms with E-state index in [4.69, 9.17) is 9.84 Å². The minimum Gasteiger partial charge on any atom is -0.491 e. The van der Waals surface area contributed by atoms with Gasteiger partial charge in [-0.1, -0.05) is 15.9 Å². The largest absolute Gasteiger partial charge is 0.491 e. The number of benzene rings is 1. The summed E-state index contributed by atoms with van der Waals surface area (Å²) in [4.78, 5) is 11.8. The molecule has 1 rings (SSSR count). The van der Waals surface area contributed by atoms with Crippen molar-refractivity contribution >= 4 is 21.8 Å². The quantitative estimate of drug-likeness (QED) is 0.792. The van der Waals surface area contributed by atoms with Gasteiger partial charge in [-0.3, -0.25) is 4.79 Å². The summed E-state index contributed by atoms with van der Waals surface area (Å²) >= 11 is 3.35. The predicted molar refractivity (Wildman–Crippen MR) is 73.9 cm³/mol. The van der Waals surface area contributed by atoms with E-state index in [1.165, 1.54) is 0 Å². The molecule has 0 aliphatic carbocycles. The molecule has 0 aliphatic heterocycles. The second-order valence-electron chi connectivity index (χ2n) is 4.18. The van der Waals surface area contributed by atoms with Gasteiger partial charge >= 0.3 is 0 Å². The number of halogens is 1. The number of amides is 1. The summed E-state index contributed by atoms with van der Waals surface area (Å²) < 4.78 is 6.36. The van der Waals surface area contributed by atoms with Gasteiger partial charge in [-0.25, -0.2) is 0 Å². The maximum Gasteiger partial charge on any atom is 0.251 e. The molecule has 1 aromatic carbocycles. The number of nitrogens with one attached hydrogen (secondary N) is 1. The molecule has 4 nitrogen and oxygen atoms in total. The van der Waals surface area contributed by atoms with Gasteiger partial charge in [0, 0.05) is 23.2 Å². The lowest BCUT2D eigenvalue weighted by molar-refractivity contribution is 0.0950. The lowest BCUT2D eigenvalue weighted by Gasteiger charge is -2.12. The molecule has 1 aromatic rings. The number of hydrogen-bond acceptors (Lipinski definition) is 3. The normalized spacial score (nSPS) is 10.5. The maximum atomic E-state index is 11.8. The van der Waals surface area contributed by atoms with Gasteiger partial charge in [-0.05, 0) is 38.5 Å². The third kappa shape index (κ3) is 5.06. The number of carbonyl (C=O) groups is 1. The van der Waals surface area contributed by atoms with E-state index in [0.29, 0.717) is 24.3 Å². The van der Waals surface area contributed by atoms with Crippen molar-refractivity contribution in [3.05, 3.63) is 28.2 Å². The molecule has 0 bridgehead atoms. The van der Waals surface area contributed by atoms with Crippen molar-refractivity contribution in [2.24, 2.45) is 0 Å². The number of rotatable bonds is 6. The minimum atomic E-state index is -0.168. The molecule has 2 N–H and O–H groups in total. The molecule has 0 unspecified atom stereocenters. The molecular formula is C13H18BrNO3. The van der Waals surface area contributed by atoms with E-state index in [9.17, 15) is 4.79 Å². The van der Waals surface area contributed by atoms with Gasteiger partial charge in [-0.2, -0.15) is 0 Å². The second-order valence-corrected chi connectivity index (χ2v) is 5.09. The summed E-state index contributed by atoms with van der Waals surface area (Å²) in [6, 6.07) is 5.27. The van der Waals surface area contributed by atoms with Crippen LogP contribution in [0, 0.1) is 0 Å². The van der Waals surface area contributed by atoms with Crippen LogP contribution in [0.3, 0.4) is 0 Å². The first kappa shape index (κ1) is 15.0. The van der Waals surface area contributed by atoms with E-state index in [-0.39, 0.29) is 18.6 Å². The number of aliphatic hydroxyl groups is 1. The fraction of sp³-hybridized carbons (Fsp3) is 0.462. The van der Waals surface area contributed by atoms with E-state index in [2.05, 4.69) is 21.2 Å². The lowest BCUT2D eigenvalue weighted by atomic mass is 10.2. The highest BCUT2D eigenvalue weighted by atomic mass is 79.9. The third-order valence-electron chi connectivity index (χ3n) is 2.13. The zero-order chi connectivity index (χ0) is 13.5. The summed E-state index contributed by atoms with van der Waals surface area (Å²) in [5.41, 5.74) is 0.540. The lowest BCUT2D eigenvalue weighted by Crippen LogP contribution is -2.25. The predicted octanol–water partition coefficient (Wildman–Crippen LogP) is 2.35. The average Bonchev–Trinajstić information content (AvgIpc) is 2.27. The van der Waals surface area contributed by atoms with Crippen LogP contribution in [0.4, 0.5) is 0 Å². The molecule has 0 spiro atoms. The Morgan fingerprint density at radius 3 is 2.78 bits per heavy atom. The van der Waals surface area contributed by atoms with E-state index in [0.717, 1.165) is 4.47 Å². The van der Waals surface area contributed by atoms with Gasteiger partial charge in [0.1, 0.15) is 5.75 Å².